The van der Waals surface area contributed by atoms with Crippen LogP contribution in [0.3, 0.4) is 0 Å². The van der Waals surface area contributed by atoms with E-state index in [9.17, 15) is 13.2 Å². The summed E-state index contributed by atoms with van der Waals surface area (Å²) in [5, 5.41) is 3.36. The molecule has 3 rings (SSSR count). The fraction of sp³-hybridized carbons (Fsp3) is 0.562. The number of hydrogen-bond donors (Lipinski definition) is 1. The molecule has 0 spiro atoms. The predicted octanol–water partition coefficient (Wildman–Crippen LogP) is 0.831. The maximum absolute atomic E-state index is 12.8. The second kappa shape index (κ2) is 5.79. The van der Waals surface area contributed by atoms with Gasteiger partial charge in [-0.2, -0.15) is 0 Å². The molecule has 1 aromatic carbocycles. The number of piperazine rings is 1. The molecule has 6 nitrogen and oxygen atoms in total. The smallest absolute Gasteiger partial charge is 0.254 e. The van der Waals surface area contributed by atoms with Crippen LogP contribution in [0.2, 0.25) is 0 Å². The van der Waals surface area contributed by atoms with Gasteiger partial charge in [0, 0.05) is 37.3 Å². The molecular formula is C16H23N3O3S. The van der Waals surface area contributed by atoms with E-state index >= 15 is 0 Å². The zero-order valence-corrected chi connectivity index (χ0v) is 14.6. The molecule has 1 saturated heterocycles. The van der Waals surface area contributed by atoms with E-state index in [4.69, 9.17) is 0 Å². The van der Waals surface area contributed by atoms with E-state index in [0.29, 0.717) is 30.8 Å². The van der Waals surface area contributed by atoms with Crippen molar-refractivity contribution < 1.29 is 13.2 Å². The lowest BCUT2D eigenvalue weighted by molar-refractivity contribution is 0.0603. The summed E-state index contributed by atoms with van der Waals surface area (Å²) in [5.74, 6) is 0.0199. The highest BCUT2D eigenvalue weighted by Crippen LogP contribution is 2.31. The van der Waals surface area contributed by atoms with Gasteiger partial charge in [0.05, 0.1) is 11.9 Å². The molecule has 2 heterocycles. The molecule has 0 aliphatic carbocycles. The summed E-state index contributed by atoms with van der Waals surface area (Å²) in [6, 6.07) is 5.75. The summed E-state index contributed by atoms with van der Waals surface area (Å²) < 4.78 is 25.0. The Morgan fingerprint density at radius 1 is 1.26 bits per heavy atom. The molecule has 0 aromatic heterocycles. The maximum Gasteiger partial charge on any atom is 0.254 e. The van der Waals surface area contributed by atoms with Gasteiger partial charge in [-0.1, -0.05) is 0 Å². The molecule has 2 aliphatic rings. The van der Waals surface area contributed by atoms with Gasteiger partial charge >= 0.3 is 0 Å². The average Bonchev–Trinajstić information content (AvgIpc) is 2.92. The Morgan fingerprint density at radius 2 is 2.00 bits per heavy atom. The molecule has 1 N–H and O–H groups in total. The molecule has 2 unspecified atom stereocenters. The summed E-state index contributed by atoms with van der Waals surface area (Å²) in [6.45, 7) is 6.07. The topological polar surface area (TPSA) is 69.7 Å². The third-order valence-corrected chi connectivity index (χ3v) is 6.05. The van der Waals surface area contributed by atoms with E-state index in [1.54, 1.807) is 12.1 Å². The Labute approximate surface area is 137 Å². The Balaban J connectivity index is 1.87. The number of carbonyl (C=O) groups is 1. The fourth-order valence-electron chi connectivity index (χ4n) is 3.36. The lowest BCUT2D eigenvalue weighted by Crippen LogP contribution is -2.57. The Bertz CT molecular complexity index is 732. The van der Waals surface area contributed by atoms with Crippen molar-refractivity contribution in [3.05, 3.63) is 29.3 Å². The molecule has 7 heteroatoms. The standard InChI is InChI=1S/C16H23N3O3S/c1-11-12(2)18(9-7-17-11)16(20)14-4-5-15-13(10-14)6-8-19(15)23(3,21)22/h4-5,10-12,17H,6-9H2,1-3H3. The fourth-order valence-corrected chi connectivity index (χ4v) is 4.32. The summed E-state index contributed by atoms with van der Waals surface area (Å²) >= 11 is 0. The first-order valence-corrected chi connectivity index (χ1v) is 9.79. The zero-order valence-electron chi connectivity index (χ0n) is 13.7. The van der Waals surface area contributed by atoms with Gasteiger partial charge in [-0.25, -0.2) is 8.42 Å². The van der Waals surface area contributed by atoms with Gasteiger partial charge in [-0.15, -0.1) is 0 Å². The molecule has 1 amide bonds. The summed E-state index contributed by atoms with van der Waals surface area (Å²) in [4.78, 5) is 14.7. The van der Waals surface area contributed by atoms with Crippen LogP contribution in [-0.2, 0) is 16.4 Å². The summed E-state index contributed by atoms with van der Waals surface area (Å²) in [7, 11) is -3.26. The van der Waals surface area contributed by atoms with Gasteiger partial charge in [0.2, 0.25) is 10.0 Å². The van der Waals surface area contributed by atoms with Crippen molar-refractivity contribution in [2.75, 3.05) is 30.2 Å². The maximum atomic E-state index is 12.8. The van der Waals surface area contributed by atoms with Crippen LogP contribution in [-0.4, -0.2) is 57.2 Å². The molecule has 2 atom stereocenters. The quantitative estimate of drug-likeness (QED) is 0.868. The highest BCUT2D eigenvalue weighted by atomic mass is 32.2. The van der Waals surface area contributed by atoms with Gasteiger partial charge in [0.25, 0.3) is 5.91 Å². The molecular weight excluding hydrogens is 314 g/mol. The van der Waals surface area contributed by atoms with E-state index < -0.39 is 10.0 Å². The Kier molecular flexibility index (Phi) is 4.10. The van der Waals surface area contributed by atoms with Gasteiger partial charge in [0.1, 0.15) is 0 Å². The van der Waals surface area contributed by atoms with E-state index in [0.717, 1.165) is 12.1 Å². The first-order chi connectivity index (χ1) is 10.8. The van der Waals surface area contributed by atoms with E-state index in [-0.39, 0.29) is 18.0 Å². The Hall–Kier alpha value is -1.60. The first-order valence-electron chi connectivity index (χ1n) is 7.94. The van der Waals surface area contributed by atoms with Crippen LogP contribution in [0.1, 0.15) is 29.8 Å². The van der Waals surface area contributed by atoms with Crippen LogP contribution in [0.5, 0.6) is 0 Å². The summed E-state index contributed by atoms with van der Waals surface area (Å²) in [6.07, 6.45) is 1.86. The number of benzene rings is 1. The van der Waals surface area contributed by atoms with Crippen molar-refractivity contribution in [1.29, 1.82) is 0 Å². The number of hydrogen-bond acceptors (Lipinski definition) is 4. The normalized spacial score (nSPS) is 24.7. The van der Waals surface area contributed by atoms with Crippen LogP contribution >= 0.6 is 0 Å². The van der Waals surface area contributed by atoms with Crippen LogP contribution in [0.15, 0.2) is 18.2 Å². The molecule has 0 radical (unpaired) electrons. The van der Waals surface area contributed by atoms with Gasteiger partial charge in [0.15, 0.2) is 0 Å². The number of carbonyl (C=O) groups excluding carboxylic acids is 1. The average molecular weight is 337 g/mol. The third-order valence-electron chi connectivity index (χ3n) is 4.87. The minimum Gasteiger partial charge on any atom is -0.333 e. The largest absolute Gasteiger partial charge is 0.333 e. The van der Waals surface area contributed by atoms with Crippen molar-refractivity contribution >= 4 is 21.6 Å². The van der Waals surface area contributed by atoms with Crippen LogP contribution in [0.25, 0.3) is 0 Å². The molecule has 2 aliphatic heterocycles. The minimum absolute atomic E-state index is 0.0199. The van der Waals surface area contributed by atoms with E-state index in [2.05, 4.69) is 12.2 Å². The number of amides is 1. The molecule has 23 heavy (non-hydrogen) atoms. The van der Waals surface area contributed by atoms with Gasteiger partial charge in [-0.05, 0) is 44.0 Å². The molecule has 1 fully saturated rings. The van der Waals surface area contributed by atoms with Crippen molar-refractivity contribution in [1.82, 2.24) is 10.2 Å². The third kappa shape index (κ3) is 2.95. The van der Waals surface area contributed by atoms with Gasteiger partial charge in [-0.3, -0.25) is 9.10 Å². The predicted molar refractivity (Wildman–Crippen MR) is 90.3 cm³/mol. The van der Waals surface area contributed by atoms with Gasteiger partial charge < -0.3 is 10.2 Å². The monoisotopic (exact) mass is 337 g/mol. The number of rotatable bonds is 2. The highest BCUT2D eigenvalue weighted by Gasteiger charge is 2.31. The van der Waals surface area contributed by atoms with Crippen molar-refractivity contribution in [3.8, 4) is 0 Å². The van der Waals surface area contributed by atoms with Crippen LogP contribution in [0, 0.1) is 0 Å². The lowest BCUT2D eigenvalue weighted by atomic mass is 10.0. The second-order valence-electron chi connectivity index (χ2n) is 6.41. The molecule has 0 bridgehead atoms. The second-order valence-corrected chi connectivity index (χ2v) is 8.32. The van der Waals surface area contributed by atoms with E-state index in [1.165, 1.54) is 10.6 Å². The SMILES string of the molecule is CC1NCCN(C(=O)c2ccc3c(c2)CCN3S(C)(=O)=O)C1C. The molecule has 0 saturated carbocycles. The highest BCUT2D eigenvalue weighted by molar-refractivity contribution is 7.92. The summed E-state index contributed by atoms with van der Waals surface area (Å²) in [5.41, 5.74) is 2.27. The number of nitrogens with zero attached hydrogens (tertiary/aromatic N) is 2. The van der Waals surface area contributed by atoms with Crippen LogP contribution < -0.4 is 9.62 Å². The van der Waals surface area contributed by atoms with E-state index in [1.807, 2.05) is 17.9 Å². The van der Waals surface area contributed by atoms with Crippen molar-refractivity contribution in [3.63, 3.8) is 0 Å². The number of anilines is 1. The number of sulfonamides is 1. The lowest BCUT2D eigenvalue weighted by Gasteiger charge is -2.38. The Morgan fingerprint density at radius 3 is 2.70 bits per heavy atom. The number of fused-ring (bicyclic) bond motifs is 1. The molecule has 126 valence electrons. The molecule has 1 aromatic rings. The van der Waals surface area contributed by atoms with Crippen molar-refractivity contribution in [2.45, 2.75) is 32.4 Å². The number of nitrogens with one attached hydrogen (secondary N) is 1. The minimum atomic E-state index is -3.26. The van der Waals surface area contributed by atoms with Crippen molar-refractivity contribution in [2.24, 2.45) is 0 Å². The zero-order chi connectivity index (χ0) is 16.8. The first kappa shape index (κ1) is 16.3. The van der Waals surface area contributed by atoms with Crippen LogP contribution in [0.4, 0.5) is 5.69 Å².